The third-order valence-corrected chi connectivity index (χ3v) is 3.44. The molecule has 2 atom stereocenters. The van der Waals surface area contributed by atoms with Crippen molar-refractivity contribution in [2.24, 2.45) is 11.7 Å². The van der Waals surface area contributed by atoms with Gasteiger partial charge in [0.1, 0.15) is 0 Å². The Morgan fingerprint density at radius 1 is 1.39 bits per heavy atom. The van der Waals surface area contributed by atoms with Gasteiger partial charge in [-0.2, -0.15) is 0 Å². The number of amides is 2. The molecule has 2 amide bonds. The van der Waals surface area contributed by atoms with E-state index in [1.165, 1.54) is 0 Å². The van der Waals surface area contributed by atoms with Crippen molar-refractivity contribution >= 4 is 11.8 Å². The first-order valence-corrected chi connectivity index (χ1v) is 6.69. The molecule has 5 heteroatoms. The summed E-state index contributed by atoms with van der Waals surface area (Å²) in [5.74, 6) is -0.440. The van der Waals surface area contributed by atoms with E-state index < -0.39 is 5.54 Å². The summed E-state index contributed by atoms with van der Waals surface area (Å²) in [5, 5.41) is 5.42. The first kappa shape index (κ1) is 15.0. The van der Waals surface area contributed by atoms with E-state index in [2.05, 4.69) is 10.6 Å². The zero-order valence-corrected chi connectivity index (χ0v) is 11.6. The van der Waals surface area contributed by atoms with Gasteiger partial charge >= 0.3 is 0 Å². The fraction of sp³-hybridized carbons (Fsp3) is 0.846. The topological polar surface area (TPSA) is 84.2 Å². The second-order valence-corrected chi connectivity index (χ2v) is 5.74. The summed E-state index contributed by atoms with van der Waals surface area (Å²) >= 11 is 0. The molecule has 0 aromatic carbocycles. The standard InChI is InChI=1S/C13H25N3O2/c1-9(2)16-11(17)8-15-12(18)10-6-4-5-7-13(10,3)14/h9-10H,4-8,14H2,1-3H3,(H,15,18)(H,16,17). The molecule has 0 aliphatic heterocycles. The Morgan fingerprint density at radius 2 is 2.06 bits per heavy atom. The van der Waals surface area contributed by atoms with E-state index in [9.17, 15) is 9.59 Å². The van der Waals surface area contributed by atoms with E-state index >= 15 is 0 Å². The third-order valence-electron chi connectivity index (χ3n) is 3.44. The van der Waals surface area contributed by atoms with Crippen LogP contribution >= 0.6 is 0 Å². The van der Waals surface area contributed by atoms with Gasteiger partial charge in [-0.15, -0.1) is 0 Å². The Bertz CT molecular complexity index is 313. The van der Waals surface area contributed by atoms with Crippen LogP contribution in [0, 0.1) is 5.92 Å². The summed E-state index contributed by atoms with van der Waals surface area (Å²) in [6.45, 7) is 5.73. The Morgan fingerprint density at radius 3 is 2.61 bits per heavy atom. The van der Waals surface area contributed by atoms with Gasteiger partial charge in [0, 0.05) is 11.6 Å². The average molecular weight is 255 g/mol. The van der Waals surface area contributed by atoms with Crippen LogP contribution in [0.5, 0.6) is 0 Å². The quantitative estimate of drug-likeness (QED) is 0.685. The van der Waals surface area contributed by atoms with E-state index in [1.807, 2.05) is 20.8 Å². The van der Waals surface area contributed by atoms with E-state index in [1.54, 1.807) is 0 Å². The van der Waals surface area contributed by atoms with Gasteiger partial charge in [-0.05, 0) is 33.6 Å². The first-order chi connectivity index (χ1) is 8.33. The molecule has 1 fully saturated rings. The zero-order valence-electron chi connectivity index (χ0n) is 11.6. The molecule has 104 valence electrons. The number of nitrogens with one attached hydrogen (secondary N) is 2. The Labute approximate surface area is 109 Å². The van der Waals surface area contributed by atoms with Crippen LogP contribution in [0.4, 0.5) is 0 Å². The van der Waals surface area contributed by atoms with Crippen molar-refractivity contribution < 1.29 is 9.59 Å². The van der Waals surface area contributed by atoms with Crippen molar-refractivity contribution in [1.29, 1.82) is 0 Å². The lowest BCUT2D eigenvalue weighted by molar-refractivity contribution is -0.131. The molecule has 1 saturated carbocycles. The summed E-state index contributed by atoms with van der Waals surface area (Å²) in [7, 11) is 0. The van der Waals surface area contributed by atoms with Crippen LogP contribution in [-0.2, 0) is 9.59 Å². The summed E-state index contributed by atoms with van der Waals surface area (Å²) in [4.78, 5) is 23.5. The van der Waals surface area contributed by atoms with Crippen LogP contribution in [0.15, 0.2) is 0 Å². The van der Waals surface area contributed by atoms with Crippen molar-refractivity contribution in [3.63, 3.8) is 0 Å². The number of nitrogens with two attached hydrogens (primary N) is 1. The van der Waals surface area contributed by atoms with Gasteiger partial charge in [0.05, 0.1) is 12.5 Å². The Balaban J connectivity index is 2.42. The predicted molar refractivity (Wildman–Crippen MR) is 70.8 cm³/mol. The molecule has 0 heterocycles. The molecule has 2 unspecified atom stereocenters. The van der Waals surface area contributed by atoms with Gasteiger partial charge in [0.25, 0.3) is 0 Å². The largest absolute Gasteiger partial charge is 0.352 e. The summed E-state index contributed by atoms with van der Waals surface area (Å²) in [6, 6.07) is 0.0869. The van der Waals surface area contributed by atoms with Crippen LogP contribution in [0.2, 0.25) is 0 Å². The minimum absolute atomic E-state index is 0.0313. The summed E-state index contributed by atoms with van der Waals surface area (Å²) in [6.07, 6.45) is 3.78. The lowest BCUT2D eigenvalue weighted by atomic mass is 9.74. The average Bonchev–Trinajstić information content (AvgIpc) is 2.24. The number of carbonyl (C=O) groups excluding carboxylic acids is 2. The smallest absolute Gasteiger partial charge is 0.239 e. The molecule has 0 spiro atoms. The minimum atomic E-state index is -0.448. The van der Waals surface area contributed by atoms with Gasteiger partial charge in [0.2, 0.25) is 11.8 Å². The molecule has 5 nitrogen and oxygen atoms in total. The molecule has 0 aromatic rings. The normalized spacial score (nSPS) is 27.9. The Hall–Kier alpha value is -1.10. The van der Waals surface area contributed by atoms with Gasteiger partial charge in [-0.1, -0.05) is 12.8 Å². The third kappa shape index (κ3) is 4.29. The van der Waals surface area contributed by atoms with Crippen molar-refractivity contribution in [2.45, 2.75) is 58.0 Å². The van der Waals surface area contributed by atoms with Crippen LogP contribution in [0.3, 0.4) is 0 Å². The van der Waals surface area contributed by atoms with Crippen molar-refractivity contribution in [1.82, 2.24) is 10.6 Å². The van der Waals surface area contributed by atoms with Crippen LogP contribution in [-0.4, -0.2) is 29.9 Å². The second kappa shape index (κ2) is 6.18. The van der Waals surface area contributed by atoms with E-state index in [0.717, 1.165) is 25.7 Å². The predicted octanol–water partition coefficient (Wildman–Crippen LogP) is 0.535. The van der Waals surface area contributed by atoms with E-state index in [-0.39, 0.29) is 30.3 Å². The van der Waals surface area contributed by atoms with Crippen molar-refractivity contribution in [3.05, 3.63) is 0 Å². The van der Waals surface area contributed by atoms with Gasteiger partial charge in [-0.25, -0.2) is 0 Å². The SMILES string of the molecule is CC(C)NC(=O)CNC(=O)C1CCCCC1(C)N. The zero-order chi connectivity index (χ0) is 13.8. The number of hydrogen-bond donors (Lipinski definition) is 3. The fourth-order valence-corrected chi connectivity index (χ4v) is 2.45. The van der Waals surface area contributed by atoms with E-state index in [4.69, 9.17) is 5.73 Å². The van der Waals surface area contributed by atoms with Crippen molar-refractivity contribution in [2.75, 3.05) is 6.54 Å². The molecule has 0 bridgehead atoms. The van der Waals surface area contributed by atoms with Gasteiger partial charge in [0.15, 0.2) is 0 Å². The molecule has 0 radical (unpaired) electrons. The highest BCUT2D eigenvalue weighted by molar-refractivity contribution is 5.86. The van der Waals surface area contributed by atoms with Crippen LogP contribution < -0.4 is 16.4 Å². The maximum Gasteiger partial charge on any atom is 0.239 e. The lowest BCUT2D eigenvalue weighted by Gasteiger charge is -2.37. The molecule has 18 heavy (non-hydrogen) atoms. The van der Waals surface area contributed by atoms with Gasteiger partial charge in [-0.3, -0.25) is 9.59 Å². The van der Waals surface area contributed by atoms with Crippen LogP contribution in [0.25, 0.3) is 0 Å². The monoisotopic (exact) mass is 255 g/mol. The van der Waals surface area contributed by atoms with E-state index in [0.29, 0.717) is 0 Å². The highest BCUT2D eigenvalue weighted by atomic mass is 16.2. The molecule has 1 rings (SSSR count). The molecule has 4 N–H and O–H groups in total. The molecule has 0 saturated heterocycles. The molecule has 1 aliphatic carbocycles. The summed E-state index contributed by atoms with van der Waals surface area (Å²) in [5.41, 5.74) is 5.70. The number of rotatable bonds is 4. The maximum absolute atomic E-state index is 12.0. The van der Waals surface area contributed by atoms with Gasteiger partial charge < -0.3 is 16.4 Å². The fourth-order valence-electron chi connectivity index (χ4n) is 2.45. The molecular formula is C13H25N3O2. The molecule has 1 aliphatic rings. The molecular weight excluding hydrogens is 230 g/mol. The Kier molecular flexibility index (Phi) is 5.14. The molecule has 0 aromatic heterocycles. The highest BCUT2D eigenvalue weighted by Crippen LogP contribution is 2.31. The van der Waals surface area contributed by atoms with Crippen LogP contribution in [0.1, 0.15) is 46.5 Å². The second-order valence-electron chi connectivity index (χ2n) is 5.74. The highest BCUT2D eigenvalue weighted by Gasteiger charge is 2.37. The number of carbonyl (C=O) groups is 2. The summed E-state index contributed by atoms with van der Waals surface area (Å²) < 4.78 is 0. The maximum atomic E-state index is 12.0. The van der Waals surface area contributed by atoms with Crippen molar-refractivity contribution in [3.8, 4) is 0 Å². The number of hydrogen-bond acceptors (Lipinski definition) is 3. The lowest BCUT2D eigenvalue weighted by Crippen LogP contribution is -2.54. The first-order valence-electron chi connectivity index (χ1n) is 6.69. The minimum Gasteiger partial charge on any atom is -0.352 e.